The number of hydrogen-bond donors (Lipinski definition) is 4. The molecule has 0 spiro atoms. The number of aryl methyl sites for hydroxylation is 4. The van der Waals surface area contributed by atoms with Crippen molar-refractivity contribution in [3.8, 4) is 11.5 Å². The Morgan fingerprint density at radius 3 is 0.726 bits per heavy atom. The molecule has 8 bridgehead atoms. The van der Waals surface area contributed by atoms with Crippen LogP contribution in [-0.2, 0) is 89.7 Å². The number of likely N-dealkylation sites (N-methyl/N-ethyl adjacent to an activating group) is 8. The van der Waals surface area contributed by atoms with E-state index in [1.165, 1.54) is 129 Å². The topological polar surface area (TPSA) is 262 Å². The van der Waals surface area contributed by atoms with Gasteiger partial charge >= 0.3 is 0 Å². The molecule has 12 aliphatic rings. The predicted molar refractivity (Wildman–Crippen MR) is 420 cm³/mol. The lowest BCUT2D eigenvalue weighted by Crippen LogP contribution is -2.77. The van der Waals surface area contributed by atoms with Crippen molar-refractivity contribution in [1.82, 2.24) is 39.2 Å². The van der Waals surface area contributed by atoms with Crippen molar-refractivity contribution in [2.75, 3.05) is 97.0 Å². The first-order chi connectivity index (χ1) is 50.6. The Labute approximate surface area is 649 Å². The van der Waals surface area contributed by atoms with Crippen LogP contribution in [-0.4, -0.2) is 243 Å². The Morgan fingerprint density at radius 1 is 0.274 bits per heavy atom. The number of aliphatic hydroxyl groups is 4. The molecule has 0 aromatic heterocycles. The number of amides is 8. The SMILES string of the molecule is CN1C(=O)[C@]2(Cc3ccc(CCc4ccc(C[C@@]56SS[C@@](CO)(C(=O)N5C)N(C)C6=O)cc4)cc3)SS[C@@]1(CO)C(=O)N2C.COc1ccc(C2S[C@@]3(CO)C(=O)N(C)[C@@](Cc4ccc(CCc5ccc(C[C@@]67SC(c8ccc(OC)cc8)S[C@@](CO)(C(=O)N6C)N(C)C7=O)cc5)cc4)(S2)C(=O)N3C)cc1. The van der Waals surface area contributed by atoms with Gasteiger partial charge < -0.3 is 69.1 Å². The molecular weight excluding hydrogens is 1510 g/mol. The second-order valence-electron chi connectivity index (χ2n) is 27.8. The minimum Gasteiger partial charge on any atom is -0.497 e. The average molecular weight is 1590 g/mol. The van der Waals surface area contributed by atoms with Crippen molar-refractivity contribution in [3.63, 3.8) is 0 Å². The summed E-state index contributed by atoms with van der Waals surface area (Å²) in [5, 5.41) is 41.1. The minimum atomic E-state index is -1.44. The Kier molecular flexibility index (Phi) is 21.6. The zero-order valence-corrected chi connectivity index (χ0v) is 66.7. The number of thioether (sulfide) groups is 4. The number of piperazine rings is 4. The van der Waals surface area contributed by atoms with Gasteiger partial charge in [-0.15, -0.1) is 47.0 Å². The van der Waals surface area contributed by atoms with Crippen LogP contribution in [0.25, 0.3) is 0 Å². The molecule has 6 aromatic carbocycles. The van der Waals surface area contributed by atoms with E-state index >= 15 is 0 Å². The Morgan fingerprint density at radius 2 is 0.462 bits per heavy atom. The summed E-state index contributed by atoms with van der Waals surface area (Å²) in [6.07, 6.45) is 4.48. The summed E-state index contributed by atoms with van der Waals surface area (Å²) >= 11 is 5.48. The summed E-state index contributed by atoms with van der Waals surface area (Å²) in [4.78, 5) is 111. The molecule has 10 atom stereocenters. The number of nitrogens with zero attached hydrogens (tertiary/aromatic N) is 8. The van der Waals surface area contributed by atoms with Crippen LogP contribution in [0.15, 0.2) is 146 Å². The fraction of sp³-hybridized carbons (Fsp3) is 0.421. The van der Waals surface area contributed by atoms with Crippen molar-refractivity contribution in [2.45, 2.75) is 99.5 Å². The van der Waals surface area contributed by atoms with Gasteiger partial charge in [0.15, 0.2) is 29.2 Å². The smallest absolute Gasteiger partial charge is 0.263 e. The van der Waals surface area contributed by atoms with Gasteiger partial charge in [-0.05, 0) is 127 Å². The molecule has 30 heteroatoms. The van der Waals surface area contributed by atoms with Gasteiger partial charge in [0, 0.05) is 82.1 Å². The van der Waals surface area contributed by atoms with Crippen LogP contribution < -0.4 is 9.47 Å². The highest BCUT2D eigenvalue weighted by Crippen LogP contribution is 2.64. The average Bonchev–Trinajstić information content (AvgIpc) is 0.731. The fourth-order valence-corrected chi connectivity index (χ4v) is 29.7. The molecule has 0 radical (unpaired) electrons. The maximum Gasteiger partial charge on any atom is 0.263 e. The number of benzene rings is 6. The number of aliphatic hydroxyl groups excluding tert-OH is 4. The van der Waals surface area contributed by atoms with Gasteiger partial charge in [0.25, 0.3) is 47.3 Å². The van der Waals surface area contributed by atoms with E-state index < -0.39 is 65.4 Å². The van der Waals surface area contributed by atoms with Crippen LogP contribution in [0.5, 0.6) is 11.5 Å². The van der Waals surface area contributed by atoms with Crippen LogP contribution in [0.1, 0.15) is 64.8 Å². The van der Waals surface area contributed by atoms with Crippen molar-refractivity contribution >= 4 is 137 Å². The first-order valence-electron chi connectivity index (χ1n) is 34.3. The molecule has 12 aliphatic heterocycles. The number of methoxy groups -OCH3 is 2. The minimum absolute atomic E-state index is 0.179. The van der Waals surface area contributed by atoms with Crippen molar-refractivity contribution in [2.24, 2.45) is 0 Å². The summed E-state index contributed by atoms with van der Waals surface area (Å²) in [5.41, 5.74) is 10.1. The standard InChI is InChI=1S/C46H50N4O8S4.C30H34N4O6S4/c1-47-41(55)45(27-51)49(3)39(53)43(47,59-37(61-45)33-17-21-35(57-5)22-18-33)25-31-13-9-29(10-14-31)7-8-30-11-15-32(16-12-30)26-44-40(54)50(4)46(28-52,42(56)48(44)2)62-38(60-44)34-19-23-36(58-6)24-20-34;1-31-25(39)29(17-35)33(3)23(37)27(31,41-43-29)15-21-11-7-19(8-12-21)5-6-20-9-13-22(14-10-20)16-28-24(38)34(4)30(18-36,44-42-28)26(40)32(28)2/h9-24,37-38,51-52H,7-8,25-28H2,1-6H3;7-14,35-36H,5-6,15-18H2,1-4H3/t37?,38?,43-,44-,45-,46-;27-,28-,29-,30-/m00/s1. The second kappa shape index (κ2) is 29.6. The molecule has 560 valence electrons. The van der Waals surface area contributed by atoms with E-state index in [4.69, 9.17) is 9.47 Å². The zero-order valence-electron chi connectivity index (χ0n) is 60.2. The number of hydrogen-bond acceptors (Lipinski definition) is 22. The van der Waals surface area contributed by atoms with Crippen LogP contribution in [0.4, 0.5) is 0 Å². The molecule has 22 nitrogen and oxygen atoms in total. The Hall–Kier alpha value is -6.68. The second-order valence-corrected chi connectivity index (χ2v) is 39.3. The van der Waals surface area contributed by atoms with Crippen molar-refractivity contribution < 1.29 is 68.3 Å². The maximum absolute atomic E-state index is 14.3. The molecule has 4 N–H and O–H groups in total. The predicted octanol–water partition coefficient (Wildman–Crippen LogP) is 7.54. The molecule has 18 rings (SSSR count). The lowest BCUT2D eigenvalue weighted by atomic mass is 9.95. The molecule has 8 amide bonds. The lowest BCUT2D eigenvalue weighted by Gasteiger charge is -2.58. The number of ether oxygens (including phenoxy) is 2. The summed E-state index contributed by atoms with van der Waals surface area (Å²) < 4.78 is 10.1. The van der Waals surface area contributed by atoms with E-state index in [9.17, 15) is 58.8 Å². The first-order valence-corrected chi connectivity index (χ1v) is 42.2. The molecule has 2 unspecified atom stereocenters. The van der Waals surface area contributed by atoms with E-state index in [1.54, 1.807) is 70.6 Å². The highest BCUT2D eigenvalue weighted by molar-refractivity contribution is 8.78. The largest absolute Gasteiger partial charge is 0.497 e. The third-order valence-electron chi connectivity index (χ3n) is 22.2. The van der Waals surface area contributed by atoms with Gasteiger partial charge in [0.1, 0.15) is 11.5 Å². The number of rotatable bonds is 22. The van der Waals surface area contributed by atoms with Crippen LogP contribution in [0.3, 0.4) is 0 Å². The van der Waals surface area contributed by atoms with E-state index in [1.807, 2.05) is 97.1 Å². The zero-order chi connectivity index (χ0) is 75.8. The van der Waals surface area contributed by atoms with Gasteiger partial charge in [-0.3, -0.25) is 38.4 Å². The van der Waals surface area contributed by atoms with E-state index in [0.29, 0.717) is 37.2 Å². The Balaban J connectivity index is 0.000000199. The summed E-state index contributed by atoms with van der Waals surface area (Å²) in [7, 11) is 21.4. The molecule has 12 saturated heterocycles. The summed E-state index contributed by atoms with van der Waals surface area (Å²) in [6.45, 7) is -1.86. The number of fused-ring (bicyclic) bond motifs is 14. The van der Waals surface area contributed by atoms with E-state index in [-0.39, 0.29) is 56.4 Å². The normalized spacial score (nSPS) is 29.7. The maximum atomic E-state index is 14.3. The molecule has 0 saturated carbocycles. The Bertz CT molecular complexity index is 4150. The molecule has 12 heterocycles. The van der Waals surface area contributed by atoms with Crippen LogP contribution in [0, 0.1) is 0 Å². The van der Waals surface area contributed by atoms with Gasteiger partial charge in [-0.1, -0.05) is 143 Å². The molecule has 12 fully saturated rings. The summed E-state index contributed by atoms with van der Waals surface area (Å²) in [6, 6.07) is 47.8. The van der Waals surface area contributed by atoms with Crippen LogP contribution in [0.2, 0.25) is 0 Å². The number of carbonyl (C=O) groups is 8. The number of carbonyl (C=O) groups excluding carboxylic acids is 8. The van der Waals surface area contributed by atoms with E-state index in [2.05, 4.69) is 48.5 Å². The molecule has 106 heavy (non-hydrogen) atoms. The third-order valence-corrected chi connectivity index (χ3v) is 36.6. The third kappa shape index (κ3) is 12.4. The molecular formula is C76H84N8O14S8. The quantitative estimate of drug-likeness (QED) is 0.0478. The fourth-order valence-electron chi connectivity index (χ4n) is 15.0. The highest BCUT2D eigenvalue weighted by atomic mass is 33.1. The van der Waals surface area contributed by atoms with Gasteiger partial charge in [-0.25, -0.2) is 0 Å². The van der Waals surface area contributed by atoms with Crippen molar-refractivity contribution in [3.05, 3.63) is 201 Å². The monoisotopic (exact) mass is 1590 g/mol. The van der Waals surface area contributed by atoms with Gasteiger partial charge in [-0.2, -0.15) is 0 Å². The first kappa shape index (κ1) is 77.5. The van der Waals surface area contributed by atoms with E-state index in [0.717, 1.165) is 81.3 Å². The van der Waals surface area contributed by atoms with Crippen LogP contribution >= 0.6 is 90.2 Å². The highest BCUT2D eigenvalue weighted by Gasteiger charge is 2.71. The van der Waals surface area contributed by atoms with Gasteiger partial charge in [0.05, 0.1) is 49.8 Å². The van der Waals surface area contributed by atoms with Crippen molar-refractivity contribution in [1.29, 1.82) is 0 Å². The summed E-state index contributed by atoms with van der Waals surface area (Å²) in [5.74, 6) is -0.513. The molecule has 0 aliphatic carbocycles. The lowest BCUT2D eigenvalue weighted by molar-refractivity contribution is -0.165. The van der Waals surface area contributed by atoms with Gasteiger partial charge in [0.2, 0.25) is 9.74 Å². The molecule has 6 aromatic rings.